The van der Waals surface area contributed by atoms with Crippen molar-refractivity contribution >= 4 is 29.9 Å². The summed E-state index contributed by atoms with van der Waals surface area (Å²) in [7, 11) is 2.20. The lowest BCUT2D eigenvalue weighted by atomic mass is 10.3. The second-order valence-corrected chi connectivity index (χ2v) is 5.72. The van der Waals surface area contributed by atoms with Gasteiger partial charge in [-0.3, -0.25) is 9.89 Å². The van der Waals surface area contributed by atoms with Gasteiger partial charge >= 0.3 is 0 Å². The Bertz CT molecular complexity index is 431. The molecule has 1 aromatic heterocycles. The van der Waals surface area contributed by atoms with Crippen molar-refractivity contribution in [2.45, 2.75) is 45.2 Å². The molecular weight excluding hydrogens is 391 g/mol. The first-order chi connectivity index (χ1) is 10.2. The van der Waals surface area contributed by atoms with Crippen LogP contribution in [0.1, 0.15) is 32.4 Å². The molecule has 1 aliphatic carbocycles. The van der Waals surface area contributed by atoms with E-state index in [2.05, 4.69) is 41.4 Å². The van der Waals surface area contributed by atoms with Crippen LogP contribution in [0.15, 0.2) is 27.8 Å². The fraction of sp³-hybridized carbons (Fsp3) is 0.688. The van der Waals surface area contributed by atoms with Gasteiger partial charge < -0.3 is 15.1 Å². The van der Waals surface area contributed by atoms with Crippen molar-refractivity contribution in [3.05, 3.63) is 24.2 Å². The minimum atomic E-state index is 0. The molecule has 1 aromatic rings. The molecule has 22 heavy (non-hydrogen) atoms. The number of furan rings is 1. The van der Waals surface area contributed by atoms with Gasteiger partial charge in [-0.05, 0) is 45.9 Å². The van der Waals surface area contributed by atoms with Crippen molar-refractivity contribution < 1.29 is 4.42 Å². The molecule has 6 heteroatoms. The number of nitrogens with one attached hydrogen (secondary N) is 2. The summed E-state index contributed by atoms with van der Waals surface area (Å²) in [6.07, 6.45) is 5.26. The van der Waals surface area contributed by atoms with Gasteiger partial charge in [0.15, 0.2) is 5.96 Å². The lowest BCUT2D eigenvalue weighted by Crippen LogP contribution is -2.40. The molecule has 1 atom stereocenters. The highest BCUT2D eigenvalue weighted by Gasteiger charge is 2.28. The SMILES string of the molecule is CCNC(=NCC(C)N(C)C1CC1)NCCc1ccco1.I. The van der Waals surface area contributed by atoms with Gasteiger partial charge in [0.2, 0.25) is 0 Å². The third kappa shape index (κ3) is 6.56. The predicted molar refractivity (Wildman–Crippen MR) is 102 cm³/mol. The molecule has 1 unspecified atom stereocenters. The lowest BCUT2D eigenvalue weighted by molar-refractivity contribution is 0.253. The first-order valence-corrected chi connectivity index (χ1v) is 7.97. The predicted octanol–water partition coefficient (Wildman–Crippen LogP) is 2.48. The Labute approximate surface area is 150 Å². The molecule has 0 amide bonds. The summed E-state index contributed by atoms with van der Waals surface area (Å²) in [6, 6.07) is 5.19. The zero-order chi connectivity index (χ0) is 15.1. The van der Waals surface area contributed by atoms with E-state index in [-0.39, 0.29) is 24.0 Å². The highest BCUT2D eigenvalue weighted by atomic mass is 127. The summed E-state index contributed by atoms with van der Waals surface area (Å²) in [5.74, 6) is 1.89. The molecule has 1 fully saturated rings. The number of rotatable bonds is 8. The Balaban J connectivity index is 0.00000242. The van der Waals surface area contributed by atoms with E-state index in [4.69, 9.17) is 4.42 Å². The summed E-state index contributed by atoms with van der Waals surface area (Å²) in [5, 5.41) is 6.65. The Morgan fingerprint density at radius 3 is 2.82 bits per heavy atom. The normalized spacial score (nSPS) is 16.3. The van der Waals surface area contributed by atoms with E-state index in [0.717, 1.165) is 43.8 Å². The summed E-state index contributed by atoms with van der Waals surface area (Å²) in [4.78, 5) is 7.13. The van der Waals surface area contributed by atoms with E-state index in [1.807, 2.05) is 12.1 Å². The molecule has 0 saturated heterocycles. The third-order valence-electron chi connectivity index (χ3n) is 3.92. The Morgan fingerprint density at radius 1 is 1.45 bits per heavy atom. The van der Waals surface area contributed by atoms with Crippen molar-refractivity contribution in [1.29, 1.82) is 0 Å². The van der Waals surface area contributed by atoms with Crippen molar-refractivity contribution in [3.8, 4) is 0 Å². The molecule has 1 aliphatic rings. The van der Waals surface area contributed by atoms with Crippen molar-refractivity contribution in [3.63, 3.8) is 0 Å². The molecule has 126 valence electrons. The summed E-state index contributed by atoms with van der Waals surface area (Å²) in [5.41, 5.74) is 0. The molecule has 0 aromatic carbocycles. The van der Waals surface area contributed by atoms with Gasteiger partial charge in [-0.1, -0.05) is 0 Å². The number of guanidine groups is 1. The monoisotopic (exact) mass is 420 g/mol. The zero-order valence-corrected chi connectivity index (χ0v) is 16.2. The molecule has 2 rings (SSSR count). The maximum atomic E-state index is 5.33. The second-order valence-electron chi connectivity index (χ2n) is 5.72. The summed E-state index contributed by atoms with van der Waals surface area (Å²) >= 11 is 0. The highest BCUT2D eigenvalue weighted by molar-refractivity contribution is 14.0. The molecule has 0 aliphatic heterocycles. The maximum Gasteiger partial charge on any atom is 0.191 e. The number of halogens is 1. The Hall–Kier alpha value is -0.760. The van der Waals surface area contributed by atoms with Crippen LogP contribution in [0, 0.1) is 0 Å². The Kier molecular flexibility index (Phi) is 8.85. The van der Waals surface area contributed by atoms with Gasteiger partial charge in [0.05, 0.1) is 12.8 Å². The van der Waals surface area contributed by atoms with Crippen LogP contribution in [0.3, 0.4) is 0 Å². The zero-order valence-electron chi connectivity index (χ0n) is 13.8. The van der Waals surface area contributed by atoms with Crippen molar-refractivity contribution in [2.24, 2.45) is 4.99 Å². The average molecular weight is 420 g/mol. The minimum absolute atomic E-state index is 0. The highest BCUT2D eigenvalue weighted by Crippen LogP contribution is 2.26. The molecule has 5 nitrogen and oxygen atoms in total. The van der Waals surface area contributed by atoms with Gasteiger partial charge in [0.25, 0.3) is 0 Å². The standard InChI is InChI=1S/C16H28N4O.HI/c1-4-17-16(18-10-9-15-6-5-11-21-15)19-12-13(2)20(3)14-7-8-14;/h5-6,11,13-14H,4,7-10,12H2,1-3H3,(H2,17,18,19);1H. The quantitative estimate of drug-likeness (QED) is 0.386. The van der Waals surface area contributed by atoms with Crippen LogP contribution in [0.4, 0.5) is 0 Å². The molecule has 2 N–H and O–H groups in total. The van der Waals surface area contributed by atoms with E-state index in [1.54, 1.807) is 6.26 Å². The molecule has 0 radical (unpaired) electrons. The van der Waals surface area contributed by atoms with Gasteiger partial charge in [-0.15, -0.1) is 24.0 Å². The first-order valence-electron chi connectivity index (χ1n) is 7.97. The molecule has 1 saturated carbocycles. The maximum absolute atomic E-state index is 5.33. The van der Waals surface area contributed by atoms with Gasteiger partial charge in [0, 0.05) is 31.6 Å². The molecular formula is C16H29IN4O. The van der Waals surface area contributed by atoms with Crippen molar-refractivity contribution in [1.82, 2.24) is 15.5 Å². The van der Waals surface area contributed by atoms with Crippen LogP contribution >= 0.6 is 24.0 Å². The lowest BCUT2D eigenvalue weighted by Gasteiger charge is -2.23. The topological polar surface area (TPSA) is 52.8 Å². The molecule has 0 bridgehead atoms. The summed E-state index contributed by atoms with van der Waals surface area (Å²) < 4.78 is 5.33. The largest absolute Gasteiger partial charge is 0.469 e. The fourth-order valence-corrected chi connectivity index (χ4v) is 2.29. The summed E-state index contributed by atoms with van der Waals surface area (Å²) in [6.45, 7) is 6.85. The van der Waals surface area contributed by atoms with E-state index in [0.29, 0.717) is 6.04 Å². The van der Waals surface area contributed by atoms with Crippen LogP contribution in [-0.2, 0) is 6.42 Å². The van der Waals surface area contributed by atoms with E-state index in [1.165, 1.54) is 12.8 Å². The number of hydrogen-bond acceptors (Lipinski definition) is 3. The van der Waals surface area contributed by atoms with E-state index < -0.39 is 0 Å². The molecule has 1 heterocycles. The van der Waals surface area contributed by atoms with Crippen LogP contribution in [-0.4, -0.2) is 49.6 Å². The molecule has 0 spiro atoms. The third-order valence-corrected chi connectivity index (χ3v) is 3.92. The minimum Gasteiger partial charge on any atom is -0.469 e. The van der Waals surface area contributed by atoms with Gasteiger partial charge in [0.1, 0.15) is 5.76 Å². The average Bonchev–Trinajstić information content (AvgIpc) is 3.21. The van der Waals surface area contributed by atoms with Crippen LogP contribution < -0.4 is 10.6 Å². The van der Waals surface area contributed by atoms with Gasteiger partial charge in [-0.2, -0.15) is 0 Å². The number of likely N-dealkylation sites (N-methyl/N-ethyl adjacent to an activating group) is 1. The fourth-order valence-electron chi connectivity index (χ4n) is 2.29. The second kappa shape index (κ2) is 10.1. The number of aliphatic imine (C=N–C) groups is 1. The van der Waals surface area contributed by atoms with E-state index >= 15 is 0 Å². The van der Waals surface area contributed by atoms with Gasteiger partial charge in [-0.25, -0.2) is 0 Å². The van der Waals surface area contributed by atoms with Crippen LogP contribution in [0.2, 0.25) is 0 Å². The smallest absolute Gasteiger partial charge is 0.191 e. The Morgan fingerprint density at radius 2 is 2.23 bits per heavy atom. The number of hydrogen-bond donors (Lipinski definition) is 2. The van der Waals surface area contributed by atoms with Crippen LogP contribution in [0.5, 0.6) is 0 Å². The number of nitrogens with zero attached hydrogens (tertiary/aromatic N) is 2. The van der Waals surface area contributed by atoms with Crippen LogP contribution in [0.25, 0.3) is 0 Å². The van der Waals surface area contributed by atoms with E-state index in [9.17, 15) is 0 Å². The van der Waals surface area contributed by atoms with Crippen molar-refractivity contribution in [2.75, 3.05) is 26.7 Å². The first kappa shape index (κ1) is 19.3.